The van der Waals surface area contributed by atoms with Crippen molar-refractivity contribution in [3.05, 3.63) is 29.3 Å². The highest BCUT2D eigenvalue weighted by molar-refractivity contribution is 7.89. The summed E-state index contributed by atoms with van der Waals surface area (Å²) in [6.07, 6.45) is 1.39. The molecule has 5 nitrogen and oxygen atoms in total. The monoisotopic (exact) mass is 331 g/mol. The number of benzene rings is 1. The molecule has 0 unspecified atom stereocenters. The van der Waals surface area contributed by atoms with Gasteiger partial charge in [-0.05, 0) is 43.5 Å². The Bertz CT molecular complexity index is 620. The first-order valence-corrected chi connectivity index (χ1v) is 8.05. The van der Waals surface area contributed by atoms with E-state index in [2.05, 4.69) is 4.72 Å². The van der Waals surface area contributed by atoms with Gasteiger partial charge in [0.25, 0.3) is 0 Å². The zero-order valence-electron chi connectivity index (χ0n) is 12.5. The van der Waals surface area contributed by atoms with Crippen LogP contribution in [0, 0.1) is 18.3 Å². The van der Waals surface area contributed by atoms with Crippen molar-refractivity contribution >= 4 is 22.4 Å². The van der Waals surface area contributed by atoms with Gasteiger partial charge >= 0.3 is 0 Å². The van der Waals surface area contributed by atoms with E-state index in [1.165, 1.54) is 18.2 Å². The third-order valence-electron chi connectivity index (χ3n) is 3.65. The molecule has 0 bridgehead atoms. The summed E-state index contributed by atoms with van der Waals surface area (Å²) < 4.78 is 27.0. The summed E-state index contributed by atoms with van der Waals surface area (Å²) in [7, 11) is -3.60. The van der Waals surface area contributed by atoms with Gasteiger partial charge in [0.15, 0.2) is 0 Å². The van der Waals surface area contributed by atoms with Crippen LogP contribution >= 0.6 is 12.4 Å². The predicted octanol–water partition coefficient (Wildman–Crippen LogP) is 2.08. The number of sulfonamides is 1. The Morgan fingerprint density at radius 2 is 1.90 bits per heavy atom. The van der Waals surface area contributed by atoms with Crippen LogP contribution in [0.15, 0.2) is 23.1 Å². The molecule has 0 atom stereocenters. The first-order chi connectivity index (χ1) is 9.28. The highest BCUT2D eigenvalue weighted by Crippen LogP contribution is 2.16. The lowest BCUT2D eigenvalue weighted by Gasteiger charge is -2.26. The molecule has 0 aliphatic heterocycles. The fourth-order valence-electron chi connectivity index (χ4n) is 1.75. The fraction of sp³-hybridized carbons (Fsp3) is 0.500. The Labute approximate surface area is 133 Å². The van der Waals surface area contributed by atoms with Crippen molar-refractivity contribution in [1.29, 1.82) is 5.26 Å². The van der Waals surface area contributed by atoms with Crippen LogP contribution in [-0.4, -0.2) is 20.5 Å². The average molecular weight is 332 g/mol. The molecule has 1 aromatic rings. The van der Waals surface area contributed by atoms with Crippen molar-refractivity contribution in [3.63, 3.8) is 0 Å². The average Bonchev–Trinajstić information content (AvgIpc) is 2.44. The molecule has 0 radical (unpaired) electrons. The first kappa shape index (κ1) is 19.9. The summed E-state index contributed by atoms with van der Waals surface area (Å²) in [5, 5.41) is 8.85. The van der Waals surface area contributed by atoms with Crippen molar-refractivity contribution in [2.75, 3.05) is 6.54 Å². The van der Waals surface area contributed by atoms with Crippen molar-refractivity contribution in [3.8, 4) is 6.07 Å². The highest BCUT2D eigenvalue weighted by Gasteiger charge is 2.24. The number of aryl methyl sites for hydroxylation is 1. The summed E-state index contributed by atoms with van der Waals surface area (Å²) >= 11 is 0. The van der Waals surface area contributed by atoms with Crippen LogP contribution < -0.4 is 10.5 Å². The Kier molecular flexibility index (Phi) is 7.34. The summed E-state index contributed by atoms with van der Waals surface area (Å²) in [4.78, 5) is 0.156. The largest absolute Gasteiger partial charge is 0.324 e. The number of nitriles is 1. The standard InChI is InChI=1S/C14H21N3O2S.ClH/c1-4-14(16,5-2)10-17-20(18,19)13-7-6-12(9-15)11(3)8-13;/h6-8,17H,4-5,10,16H2,1-3H3;1H. The Balaban J connectivity index is 0.00000400. The number of rotatable bonds is 6. The molecular formula is C14H22ClN3O2S. The van der Waals surface area contributed by atoms with E-state index >= 15 is 0 Å². The van der Waals surface area contributed by atoms with Gasteiger partial charge in [0.1, 0.15) is 0 Å². The minimum Gasteiger partial charge on any atom is -0.324 e. The number of hydrogen-bond donors (Lipinski definition) is 2. The molecule has 1 rings (SSSR count). The molecule has 0 saturated heterocycles. The molecule has 0 amide bonds. The van der Waals surface area contributed by atoms with E-state index in [4.69, 9.17) is 11.0 Å². The van der Waals surface area contributed by atoms with Gasteiger partial charge in [0, 0.05) is 12.1 Å². The summed E-state index contributed by atoms with van der Waals surface area (Å²) in [6, 6.07) is 6.46. The maximum absolute atomic E-state index is 12.2. The fourth-order valence-corrected chi connectivity index (χ4v) is 2.97. The van der Waals surface area contributed by atoms with Crippen molar-refractivity contribution in [1.82, 2.24) is 4.72 Å². The number of hydrogen-bond acceptors (Lipinski definition) is 4. The first-order valence-electron chi connectivity index (χ1n) is 6.57. The maximum atomic E-state index is 12.2. The molecule has 1 aromatic carbocycles. The molecule has 0 fully saturated rings. The Morgan fingerprint density at radius 1 is 1.33 bits per heavy atom. The number of nitrogens with zero attached hydrogens (tertiary/aromatic N) is 1. The van der Waals surface area contributed by atoms with E-state index < -0.39 is 15.6 Å². The molecule has 7 heteroatoms. The normalized spacial score (nSPS) is 11.6. The van der Waals surface area contributed by atoms with E-state index in [-0.39, 0.29) is 23.8 Å². The number of nitrogens with two attached hydrogens (primary N) is 1. The van der Waals surface area contributed by atoms with Crippen LogP contribution in [0.4, 0.5) is 0 Å². The van der Waals surface area contributed by atoms with Crippen LogP contribution in [0.5, 0.6) is 0 Å². The molecule has 118 valence electrons. The molecule has 0 aliphatic carbocycles. The van der Waals surface area contributed by atoms with Gasteiger partial charge in [0.2, 0.25) is 10.0 Å². The predicted molar refractivity (Wildman–Crippen MR) is 85.8 cm³/mol. The summed E-state index contributed by atoms with van der Waals surface area (Å²) in [5.74, 6) is 0. The third-order valence-corrected chi connectivity index (χ3v) is 5.05. The lowest BCUT2D eigenvalue weighted by atomic mass is 9.95. The zero-order valence-corrected chi connectivity index (χ0v) is 14.1. The van der Waals surface area contributed by atoms with Crippen molar-refractivity contribution in [2.24, 2.45) is 5.73 Å². The molecule has 0 aromatic heterocycles. The van der Waals surface area contributed by atoms with Gasteiger partial charge in [-0.2, -0.15) is 5.26 Å². The second-order valence-corrected chi connectivity index (χ2v) is 6.75. The van der Waals surface area contributed by atoms with Crippen LogP contribution in [0.25, 0.3) is 0 Å². The van der Waals surface area contributed by atoms with Gasteiger partial charge < -0.3 is 5.73 Å². The van der Waals surface area contributed by atoms with Crippen LogP contribution in [-0.2, 0) is 10.0 Å². The molecule has 3 N–H and O–H groups in total. The lowest BCUT2D eigenvalue weighted by Crippen LogP contribution is -2.49. The number of halogens is 1. The number of nitrogens with one attached hydrogen (secondary N) is 1. The summed E-state index contributed by atoms with van der Waals surface area (Å²) in [6.45, 7) is 5.78. The minimum atomic E-state index is -3.60. The molecule has 0 saturated carbocycles. The van der Waals surface area contributed by atoms with E-state index in [1.807, 2.05) is 19.9 Å². The Morgan fingerprint density at radius 3 is 2.33 bits per heavy atom. The van der Waals surface area contributed by atoms with E-state index in [0.29, 0.717) is 24.0 Å². The second-order valence-electron chi connectivity index (χ2n) is 4.98. The lowest BCUT2D eigenvalue weighted by molar-refractivity contribution is 0.392. The minimum absolute atomic E-state index is 0. The summed E-state index contributed by atoms with van der Waals surface area (Å²) in [5.41, 5.74) is 6.67. The smallest absolute Gasteiger partial charge is 0.240 e. The van der Waals surface area contributed by atoms with Crippen LogP contribution in [0.1, 0.15) is 37.8 Å². The quantitative estimate of drug-likeness (QED) is 0.834. The van der Waals surface area contributed by atoms with Gasteiger partial charge in [-0.1, -0.05) is 13.8 Å². The topological polar surface area (TPSA) is 96.0 Å². The molecule has 0 heterocycles. The van der Waals surface area contributed by atoms with Crippen LogP contribution in [0.2, 0.25) is 0 Å². The second kappa shape index (κ2) is 7.76. The SMILES string of the molecule is CCC(N)(CC)CNS(=O)(=O)c1ccc(C#N)c(C)c1.Cl. The van der Waals surface area contributed by atoms with Crippen molar-refractivity contribution in [2.45, 2.75) is 44.0 Å². The van der Waals surface area contributed by atoms with E-state index in [9.17, 15) is 8.42 Å². The van der Waals surface area contributed by atoms with Gasteiger partial charge in [0.05, 0.1) is 16.5 Å². The Hall–Kier alpha value is -1.13. The third kappa shape index (κ3) is 4.97. The molecular weight excluding hydrogens is 310 g/mol. The van der Waals surface area contributed by atoms with Crippen molar-refractivity contribution < 1.29 is 8.42 Å². The van der Waals surface area contributed by atoms with Gasteiger partial charge in [-0.25, -0.2) is 13.1 Å². The molecule has 0 spiro atoms. The van der Waals surface area contributed by atoms with Gasteiger partial charge in [-0.3, -0.25) is 0 Å². The van der Waals surface area contributed by atoms with Crippen LogP contribution in [0.3, 0.4) is 0 Å². The maximum Gasteiger partial charge on any atom is 0.240 e. The van der Waals surface area contributed by atoms with Gasteiger partial charge in [-0.15, -0.1) is 12.4 Å². The molecule has 0 aliphatic rings. The zero-order chi connectivity index (χ0) is 15.4. The van der Waals surface area contributed by atoms with E-state index in [0.717, 1.165) is 0 Å². The van der Waals surface area contributed by atoms with E-state index in [1.54, 1.807) is 6.92 Å². The molecule has 21 heavy (non-hydrogen) atoms. The highest BCUT2D eigenvalue weighted by atomic mass is 35.5.